The van der Waals surface area contributed by atoms with E-state index in [-0.39, 0.29) is 5.91 Å². The zero-order valence-electron chi connectivity index (χ0n) is 12.8. The minimum Gasteiger partial charge on any atom is -0.366 e. The summed E-state index contributed by atoms with van der Waals surface area (Å²) in [7, 11) is 2.06. The molecule has 0 unspecified atom stereocenters. The quantitative estimate of drug-likeness (QED) is 0.856. The third-order valence-electron chi connectivity index (χ3n) is 4.93. The van der Waals surface area contributed by atoms with E-state index in [1.807, 2.05) is 18.2 Å². The van der Waals surface area contributed by atoms with E-state index in [1.54, 1.807) is 0 Å². The Morgan fingerprint density at radius 3 is 2.52 bits per heavy atom. The summed E-state index contributed by atoms with van der Waals surface area (Å²) in [5, 5.41) is 0.996. The van der Waals surface area contributed by atoms with Crippen LogP contribution < -0.4 is 5.73 Å². The van der Waals surface area contributed by atoms with Crippen LogP contribution in [-0.2, 0) is 13.5 Å². The van der Waals surface area contributed by atoms with Gasteiger partial charge in [-0.25, -0.2) is 0 Å². The van der Waals surface area contributed by atoms with E-state index < -0.39 is 0 Å². The Morgan fingerprint density at radius 1 is 1.19 bits per heavy atom. The van der Waals surface area contributed by atoms with Crippen molar-refractivity contribution in [2.75, 3.05) is 0 Å². The molecule has 2 aromatic rings. The lowest BCUT2D eigenvalue weighted by Gasteiger charge is -2.15. The Balaban J connectivity index is 2.02. The van der Waals surface area contributed by atoms with Crippen molar-refractivity contribution >= 4 is 16.8 Å². The minimum atomic E-state index is -0.296. The molecule has 0 saturated heterocycles. The molecular formula is C18H24N2O. The van der Waals surface area contributed by atoms with Crippen LogP contribution >= 0.6 is 0 Å². The second kappa shape index (κ2) is 5.92. The first kappa shape index (κ1) is 14.2. The van der Waals surface area contributed by atoms with Gasteiger partial charge in [0.25, 0.3) is 5.91 Å². The molecule has 3 nitrogen and oxygen atoms in total. The molecule has 0 bridgehead atoms. The standard InChI is InChI=1S/C18H24N2O/c1-20-15-11-7-6-10-14(15)17(18(19)21)16(20)12-13-8-4-2-3-5-9-13/h6-7,10-11,13H,2-5,8-9,12H2,1H3,(H2,19,21). The number of fused-ring (bicyclic) bond motifs is 1. The van der Waals surface area contributed by atoms with Crippen LogP contribution in [0.3, 0.4) is 0 Å². The zero-order chi connectivity index (χ0) is 14.8. The summed E-state index contributed by atoms with van der Waals surface area (Å²) in [6.45, 7) is 0. The fourth-order valence-corrected chi connectivity index (χ4v) is 3.80. The Morgan fingerprint density at radius 2 is 1.86 bits per heavy atom. The fourth-order valence-electron chi connectivity index (χ4n) is 3.80. The maximum Gasteiger partial charge on any atom is 0.251 e. The van der Waals surface area contributed by atoms with E-state index in [0.717, 1.165) is 28.6 Å². The third kappa shape index (κ3) is 2.69. The maximum atomic E-state index is 12.0. The van der Waals surface area contributed by atoms with Crippen LogP contribution in [0.25, 0.3) is 10.9 Å². The van der Waals surface area contributed by atoms with Gasteiger partial charge in [0.1, 0.15) is 0 Å². The van der Waals surface area contributed by atoms with Crippen LogP contribution in [0.1, 0.15) is 54.6 Å². The lowest BCUT2D eigenvalue weighted by molar-refractivity contribution is 0.100. The molecule has 1 aliphatic rings. The van der Waals surface area contributed by atoms with Crippen molar-refractivity contribution in [3.05, 3.63) is 35.5 Å². The molecule has 0 spiro atoms. The highest BCUT2D eigenvalue weighted by molar-refractivity contribution is 6.07. The molecule has 1 saturated carbocycles. The largest absolute Gasteiger partial charge is 0.366 e. The summed E-state index contributed by atoms with van der Waals surface area (Å²) >= 11 is 0. The molecule has 3 heteroatoms. The van der Waals surface area contributed by atoms with Crippen molar-refractivity contribution < 1.29 is 4.79 Å². The Bertz CT molecular complexity index is 649. The number of amides is 1. The van der Waals surface area contributed by atoms with Crippen LogP contribution in [0.2, 0.25) is 0 Å². The predicted molar refractivity (Wildman–Crippen MR) is 86.3 cm³/mol. The molecule has 2 N–H and O–H groups in total. The van der Waals surface area contributed by atoms with E-state index >= 15 is 0 Å². The summed E-state index contributed by atoms with van der Waals surface area (Å²) in [6, 6.07) is 8.07. The molecule has 112 valence electrons. The molecule has 0 aliphatic heterocycles. The number of rotatable bonds is 3. The fraction of sp³-hybridized carbons (Fsp3) is 0.500. The number of primary amides is 1. The van der Waals surface area contributed by atoms with Crippen LogP contribution in [-0.4, -0.2) is 10.5 Å². The van der Waals surface area contributed by atoms with Crippen LogP contribution in [0.4, 0.5) is 0 Å². The average molecular weight is 284 g/mol. The number of para-hydroxylation sites is 1. The molecule has 1 fully saturated rings. The first-order chi connectivity index (χ1) is 10.2. The summed E-state index contributed by atoms with van der Waals surface area (Å²) < 4.78 is 2.17. The molecule has 0 radical (unpaired) electrons. The number of carbonyl (C=O) groups is 1. The number of carbonyl (C=O) groups excluding carboxylic acids is 1. The summed E-state index contributed by atoms with van der Waals surface area (Å²) in [6.07, 6.45) is 8.88. The number of hydrogen-bond donors (Lipinski definition) is 1. The lowest BCUT2D eigenvalue weighted by Crippen LogP contribution is -2.16. The van der Waals surface area contributed by atoms with E-state index in [1.165, 1.54) is 38.5 Å². The van der Waals surface area contributed by atoms with Gasteiger partial charge in [-0.3, -0.25) is 4.79 Å². The topological polar surface area (TPSA) is 48.0 Å². The third-order valence-corrected chi connectivity index (χ3v) is 4.93. The van der Waals surface area contributed by atoms with Gasteiger partial charge in [-0.15, -0.1) is 0 Å². The van der Waals surface area contributed by atoms with Crippen molar-refractivity contribution in [1.29, 1.82) is 0 Å². The van der Waals surface area contributed by atoms with Crippen molar-refractivity contribution in [2.24, 2.45) is 18.7 Å². The molecular weight excluding hydrogens is 260 g/mol. The summed E-state index contributed by atoms with van der Waals surface area (Å²) in [5.74, 6) is 0.393. The van der Waals surface area contributed by atoms with Gasteiger partial charge in [-0.1, -0.05) is 56.7 Å². The zero-order valence-corrected chi connectivity index (χ0v) is 12.8. The monoisotopic (exact) mass is 284 g/mol. The van der Waals surface area contributed by atoms with Gasteiger partial charge >= 0.3 is 0 Å². The SMILES string of the molecule is Cn1c(CC2CCCCCC2)c(C(N)=O)c2ccccc21. The molecule has 1 aromatic carbocycles. The van der Waals surface area contributed by atoms with Gasteiger partial charge in [0.2, 0.25) is 0 Å². The smallest absolute Gasteiger partial charge is 0.251 e. The van der Waals surface area contributed by atoms with Crippen LogP contribution in [0.15, 0.2) is 24.3 Å². The Labute approximate surface area is 126 Å². The number of hydrogen-bond acceptors (Lipinski definition) is 1. The Kier molecular flexibility index (Phi) is 4.00. The van der Waals surface area contributed by atoms with Gasteiger partial charge in [0.15, 0.2) is 0 Å². The number of aromatic nitrogens is 1. The number of aryl methyl sites for hydroxylation is 1. The van der Waals surface area contributed by atoms with Gasteiger partial charge < -0.3 is 10.3 Å². The van der Waals surface area contributed by atoms with E-state index in [9.17, 15) is 4.79 Å². The maximum absolute atomic E-state index is 12.0. The highest BCUT2D eigenvalue weighted by atomic mass is 16.1. The molecule has 1 aliphatic carbocycles. The second-order valence-electron chi connectivity index (χ2n) is 6.32. The van der Waals surface area contributed by atoms with Crippen LogP contribution in [0, 0.1) is 5.92 Å². The van der Waals surface area contributed by atoms with Gasteiger partial charge in [0, 0.05) is 23.6 Å². The summed E-state index contributed by atoms with van der Waals surface area (Å²) in [4.78, 5) is 12.0. The van der Waals surface area contributed by atoms with E-state index in [0.29, 0.717) is 5.92 Å². The van der Waals surface area contributed by atoms with Crippen molar-refractivity contribution in [1.82, 2.24) is 4.57 Å². The van der Waals surface area contributed by atoms with Gasteiger partial charge in [-0.05, 0) is 18.4 Å². The lowest BCUT2D eigenvalue weighted by atomic mass is 9.93. The average Bonchev–Trinajstić information content (AvgIpc) is 2.65. The Hall–Kier alpha value is -1.77. The van der Waals surface area contributed by atoms with E-state index in [4.69, 9.17) is 5.73 Å². The molecule has 0 atom stereocenters. The first-order valence-corrected chi connectivity index (χ1v) is 8.04. The van der Waals surface area contributed by atoms with Gasteiger partial charge in [0.05, 0.1) is 5.56 Å². The molecule has 1 aromatic heterocycles. The predicted octanol–water partition coefficient (Wildman–Crippen LogP) is 3.79. The van der Waals surface area contributed by atoms with E-state index in [2.05, 4.69) is 17.7 Å². The normalized spacial score (nSPS) is 17.0. The van der Waals surface area contributed by atoms with Crippen molar-refractivity contribution in [2.45, 2.75) is 44.9 Å². The van der Waals surface area contributed by atoms with Crippen molar-refractivity contribution in [3.8, 4) is 0 Å². The highest BCUT2D eigenvalue weighted by Crippen LogP contribution is 2.31. The second-order valence-corrected chi connectivity index (χ2v) is 6.32. The number of nitrogens with zero attached hydrogens (tertiary/aromatic N) is 1. The first-order valence-electron chi connectivity index (χ1n) is 8.04. The summed E-state index contributed by atoms with van der Waals surface area (Å²) in [5.41, 5.74) is 8.64. The van der Waals surface area contributed by atoms with Crippen molar-refractivity contribution in [3.63, 3.8) is 0 Å². The molecule has 21 heavy (non-hydrogen) atoms. The molecule has 3 rings (SSSR count). The molecule has 1 amide bonds. The minimum absolute atomic E-state index is 0.296. The highest BCUT2D eigenvalue weighted by Gasteiger charge is 2.22. The number of nitrogens with two attached hydrogens (primary N) is 1. The van der Waals surface area contributed by atoms with Crippen LogP contribution in [0.5, 0.6) is 0 Å². The molecule has 1 heterocycles. The number of benzene rings is 1. The van der Waals surface area contributed by atoms with Gasteiger partial charge in [-0.2, -0.15) is 0 Å².